The molecule has 0 saturated heterocycles. The van der Waals surface area contributed by atoms with Gasteiger partial charge in [-0.05, 0) is 130 Å². The molecule has 0 saturated carbocycles. The van der Waals surface area contributed by atoms with Gasteiger partial charge in [0, 0.05) is 17.1 Å². The Balaban J connectivity index is 0.000000238. The highest BCUT2D eigenvalue weighted by atomic mass is 79.9. The summed E-state index contributed by atoms with van der Waals surface area (Å²) in [6.45, 7) is 4.24. The van der Waals surface area contributed by atoms with E-state index in [0.717, 1.165) is 25.0 Å². The van der Waals surface area contributed by atoms with Crippen molar-refractivity contribution in [1.29, 1.82) is 0 Å². The number of carbonyl (C=O) groups excluding carboxylic acids is 6. The Morgan fingerprint density at radius 1 is 0.479 bits per heavy atom. The molecule has 0 unspecified atom stereocenters. The Bertz CT molecular complexity index is 2970. The van der Waals surface area contributed by atoms with E-state index in [-0.39, 0.29) is 64.0 Å². The molecule has 0 bridgehead atoms. The van der Waals surface area contributed by atoms with E-state index >= 15 is 0 Å². The first-order valence-corrected chi connectivity index (χ1v) is 24.0. The number of unbranched alkanes of at least 4 members (excludes halogenated alkanes) is 1. The number of hydrogen-bond acceptors (Lipinski definition) is 15. The summed E-state index contributed by atoms with van der Waals surface area (Å²) >= 11 is 29.2. The molecular weight excluding hydrogens is 1170 g/mol. The molecule has 9 N–H and O–H groups in total. The number of phenols is 6. The van der Waals surface area contributed by atoms with Crippen LogP contribution in [-0.4, -0.2) is 86.6 Å². The van der Waals surface area contributed by atoms with E-state index in [0.29, 0.717) is 29.1 Å². The fourth-order valence-corrected chi connectivity index (χ4v) is 7.94. The molecule has 0 aliphatic heterocycles. The van der Waals surface area contributed by atoms with Crippen molar-refractivity contribution < 1.29 is 73.6 Å². The summed E-state index contributed by atoms with van der Waals surface area (Å²) in [6.07, 6.45) is 1.71. The van der Waals surface area contributed by atoms with Gasteiger partial charge in [-0.2, -0.15) is 0 Å². The van der Waals surface area contributed by atoms with Crippen molar-refractivity contribution >= 4 is 131 Å². The van der Waals surface area contributed by atoms with Gasteiger partial charge in [-0.25, -0.2) is 14.4 Å². The van der Waals surface area contributed by atoms with Gasteiger partial charge in [0.15, 0.2) is 23.0 Å². The van der Waals surface area contributed by atoms with Gasteiger partial charge >= 0.3 is 17.9 Å². The summed E-state index contributed by atoms with van der Waals surface area (Å²) in [5.41, 5.74) is 0.736. The largest absolute Gasteiger partial charge is 0.506 e. The molecule has 0 heterocycles. The zero-order valence-electron chi connectivity index (χ0n) is 38.1. The zero-order chi connectivity index (χ0) is 54.3. The second-order valence-electron chi connectivity index (χ2n) is 14.5. The fourth-order valence-electron chi connectivity index (χ4n) is 5.85. The average Bonchev–Trinajstić information content (AvgIpc) is 3.35. The van der Waals surface area contributed by atoms with Crippen LogP contribution in [0.4, 0.5) is 17.1 Å². The zero-order valence-corrected chi connectivity index (χ0v) is 44.3. The smallest absolute Gasteiger partial charge is 0.338 e. The van der Waals surface area contributed by atoms with Gasteiger partial charge < -0.3 is 60.8 Å². The minimum Gasteiger partial charge on any atom is -0.506 e. The van der Waals surface area contributed by atoms with Gasteiger partial charge in [0.05, 0.1) is 66.0 Å². The molecule has 6 aromatic rings. The number of nitrogens with one attached hydrogen (secondary N) is 3. The molecule has 3 amide bonds. The minimum absolute atomic E-state index is 0.164. The van der Waals surface area contributed by atoms with Crippen LogP contribution in [0, 0.1) is 0 Å². The predicted molar refractivity (Wildman–Crippen MR) is 280 cm³/mol. The number of phenolic OH excluding ortho intramolecular Hbond substituents is 6. The lowest BCUT2D eigenvalue weighted by atomic mass is 10.1. The van der Waals surface area contributed by atoms with Gasteiger partial charge in [0.25, 0.3) is 17.7 Å². The third-order valence-electron chi connectivity index (χ3n) is 9.52. The normalized spacial score (nSPS) is 10.3. The highest BCUT2D eigenvalue weighted by molar-refractivity contribution is 9.11. The Labute approximate surface area is 452 Å². The molecule has 0 spiro atoms. The lowest BCUT2D eigenvalue weighted by Gasteiger charge is -2.11. The summed E-state index contributed by atoms with van der Waals surface area (Å²) in [4.78, 5) is 71.8. The molecule has 0 aromatic heterocycles. The third kappa shape index (κ3) is 15.5. The first-order valence-electron chi connectivity index (χ1n) is 20.9. The van der Waals surface area contributed by atoms with Crippen LogP contribution in [0.1, 0.15) is 88.8 Å². The molecule has 0 aliphatic carbocycles. The molecule has 18 nitrogen and oxygen atoms in total. The Kier molecular flexibility index (Phi) is 21.9. The maximum atomic E-state index is 12.3. The monoisotopic (exact) mass is 1210 g/mol. The lowest BCUT2D eigenvalue weighted by molar-refractivity contribution is 0.0496. The number of ether oxygens (including phenoxy) is 3. The van der Waals surface area contributed by atoms with Crippen LogP contribution in [0.3, 0.4) is 0 Å². The Morgan fingerprint density at radius 3 is 1.26 bits per heavy atom. The van der Waals surface area contributed by atoms with Crippen LogP contribution in [-0.2, 0) is 14.2 Å². The summed E-state index contributed by atoms with van der Waals surface area (Å²) in [5, 5.41) is 66.2. The number of aromatic hydroxyl groups is 6. The van der Waals surface area contributed by atoms with Crippen molar-refractivity contribution in [3.8, 4) is 34.5 Å². The van der Waals surface area contributed by atoms with Crippen molar-refractivity contribution in [2.24, 2.45) is 0 Å². The van der Waals surface area contributed by atoms with Crippen LogP contribution in [0.5, 0.6) is 34.5 Å². The van der Waals surface area contributed by atoms with Gasteiger partial charge in [-0.1, -0.05) is 65.8 Å². The summed E-state index contributed by atoms with van der Waals surface area (Å²) in [6, 6.07) is 21.6. The quantitative estimate of drug-likeness (QED) is 0.0295. The number of esters is 3. The van der Waals surface area contributed by atoms with Crippen molar-refractivity contribution in [1.82, 2.24) is 0 Å². The van der Waals surface area contributed by atoms with Crippen molar-refractivity contribution in [3.05, 3.63) is 153 Å². The van der Waals surface area contributed by atoms with Crippen molar-refractivity contribution in [3.63, 3.8) is 0 Å². The predicted octanol–water partition coefficient (Wildman–Crippen LogP) is 12.1. The molecule has 6 rings (SSSR count). The molecular formula is C49H41Br2Cl4N3O15. The van der Waals surface area contributed by atoms with Crippen LogP contribution >= 0.6 is 78.3 Å². The van der Waals surface area contributed by atoms with E-state index in [2.05, 4.69) is 52.5 Å². The molecule has 0 aliphatic rings. The number of amides is 3. The molecule has 73 heavy (non-hydrogen) atoms. The van der Waals surface area contributed by atoms with Gasteiger partial charge in [-0.15, -0.1) is 0 Å². The minimum atomic E-state index is -0.838. The van der Waals surface area contributed by atoms with E-state index in [1.54, 1.807) is 13.0 Å². The maximum absolute atomic E-state index is 12.3. The SMILES string of the molecule is CCCCOC(=O)c1ccc(NC(=O)c2c(O)c(Cl)cc(Cl)c2O)cc1.CCOC(=O)c1cccc(NC(=O)c2c(O)c(Cl)cc(Cl)c2O)c1.COC(=O)c1ccc(NC(=O)c2c(O)c(Br)cc(Br)c2O)cc1. The summed E-state index contributed by atoms with van der Waals surface area (Å²) in [5.74, 6) is -6.94. The highest BCUT2D eigenvalue weighted by Gasteiger charge is 2.25. The number of anilines is 3. The van der Waals surface area contributed by atoms with E-state index in [1.165, 1.54) is 79.9 Å². The van der Waals surface area contributed by atoms with Crippen LogP contribution < -0.4 is 16.0 Å². The maximum Gasteiger partial charge on any atom is 0.338 e. The van der Waals surface area contributed by atoms with E-state index in [4.69, 9.17) is 55.9 Å². The topological polar surface area (TPSA) is 288 Å². The Hall–Kier alpha value is -6.94. The summed E-state index contributed by atoms with van der Waals surface area (Å²) < 4.78 is 15.1. The molecule has 6 aromatic carbocycles. The number of carbonyl (C=O) groups is 6. The van der Waals surface area contributed by atoms with E-state index in [9.17, 15) is 59.4 Å². The fraction of sp³-hybridized carbons (Fsp3) is 0.143. The molecule has 0 fully saturated rings. The first kappa shape index (κ1) is 58.6. The lowest BCUT2D eigenvalue weighted by Crippen LogP contribution is -2.13. The number of methoxy groups -OCH3 is 1. The Morgan fingerprint density at radius 2 is 0.863 bits per heavy atom. The first-order chi connectivity index (χ1) is 34.5. The second-order valence-corrected chi connectivity index (χ2v) is 17.9. The molecule has 24 heteroatoms. The second kappa shape index (κ2) is 27.2. The standard InChI is InChI=1S/C18H17Cl2NO5.C16H13Cl2NO5.C15H11Br2NO5/c1-2-3-8-26-18(25)10-4-6-11(7-5-10)21-17(24)14-15(22)12(19)9-13(20)16(14)23;1-2-24-16(23)8-4-3-5-9(6-8)19-15(22)12-13(20)10(17)7-11(18)14(12)21;1-23-15(22)7-2-4-8(5-3-7)18-14(21)11-12(19)9(16)6-10(17)13(11)20/h4-7,9,22-23H,2-3,8H2,1H3,(H,21,24);3-7,20-21H,2H2,1H3,(H,19,22);2-6,19-20H,1H3,(H,18,21). The molecule has 0 atom stereocenters. The van der Waals surface area contributed by atoms with Crippen molar-refractivity contribution in [2.45, 2.75) is 26.7 Å². The average molecular weight is 1210 g/mol. The van der Waals surface area contributed by atoms with Gasteiger partial charge in [0.2, 0.25) is 0 Å². The highest BCUT2D eigenvalue weighted by Crippen LogP contribution is 2.42. The number of halogens is 6. The number of rotatable bonds is 13. The number of hydrogen-bond donors (Lipinski definition) is 9. The van der Waals surface area contributed by atoms with Crippen LogP contribution in [0.15, 0.2) is 99.9 Å². The van der Waals surface area contributed by atoms with Crippen molar-refractivity contribution in [2.75, 3.05) is 36.3 Å². The van der Waals surface area contributed by atoms with Gasteiger partial charge in [-0.3, -0.25) is 14.4 Å². The third-order valence-corrected chi connectivity index (χ3v) is 11.9. The summed E-state index contributed by atoms with van der Waals surface area (Å²) in [7, 11) is 1.27. The number of benzene rings is 6. The van der Waals surface area contributed by atoms with Crippen LogP contribution in [0.25, 0.3) is 0 Å². The molecule has 384 valence electrons. The van der Waals surface area contributed by atoms with Crippen LogP contribution in [0.2, 0.25) is 20.1 Å². The van der Waals surface area contributed by atoms with Gasteiger partial charge in [0.1, 0.15) is 28.2 Å². The molecule has 0 radical (unpaired) electrons. The van der Waals surface area contributed by atoms with E-state index < -0.39 is 69.8 Å². The van der Waals surface area contributed by atoms with E-state index in [1.807, 2.05) is 6.92 Å².